The van der Waals surface area contributed by atoms with Gasteiger partial charge in [-0.25, -0.2) is 0 Å². The van der Waals surface area contributed by atoms with Gasteiger partial charge < -0.3 is 10.1 Å². The third kappa shape index (κ3) is 3.11. The number of H-pyrrole nitrogens is 1. The van der Waals surface area contributed by atoms with Crippen molar-refractivity contribution in [3.63, 3.8) is 0 Å². The number of tetrazole rings is 1. The molecule has 0 aliphatic carbocycles. The number of amides is 1. The Morgan fingerprint density at radius 1 is 1.45 bits per heavy atom. The van der Waals surface area contributed by atoms with Crippen LogP contribution in [0.15, 0.2) is 24.3 Å². The number of benzene rings is 1. The minimum atomic E-state index is -0.267. The smallest absolute Gasteiger partial charge is 0.255 e. The van der Waals surface area contributed by atoms with E-state index in [1.165, 1.54) is 7.11 Å². The van der Waals surface area contributed by atoms with Gasteiger partial charge in [0.05, 0.1) is 18.7 Å². The van der Waals surface area contributed by atoms with E-state index in [9.17, 15) is 4.79 Å². The van der Waals surface area contributed by atoms with E-state index >= 15 is 0 Å². The minimum absolute atomic E-state index is 0.217. The summed E-state index contributed by atoms with van der Waals surface area (Å²) in [6.45, 7) is 2.03. The number of carbonyl (C=O) groups is 1. The lowest BCUT2D eigenvalue weighted by molar-refractivity contribution is 0.0929. The molecule has 7 nitrogen and oxygen atoms in total. The van der Waals surface area contributed by atoms with Gasteiger partial charge in [-0.2, -0.15) is 5.21 Å². The van der Waals surface area contributed by atoms with Crippen molar-refractivity contribution >= 4 is 5.91 Å². The molecule has 1 unspecified atom stereocenters. The Morgan fingerprint density at radius 3 is 2.90 bits per heavy atom. The summed E-state index contributed by atoms with van der Waals surface area (Å²) in [4.78, 5) is 12.3. The van der Waals surface area contributed by atoms with Crippen LogP contribution in [0.5, 0.6) is 5.75 Å². The maximum absolute atomic E-state index is 12.3. The molecule has 2 N–H and O–H groups in total. The van der Waals surface area contributed by atoms with Crippen molar-refractivity contribution < 1.29 is 9.53 Å². The maximum Gasteiger partial charge on any atom is 0.255 e. The number of ether oxygens (including phenoxy) is 1. The van der Waals surface area contributed by atoms with Crippen molar-refractivity contribution in [3.05, 3.63) is 35.7 Å². The molecule has 1 amide bonds. The Bertz CT molecular complexity index is 556. The van der Waals surface area contributed by atoms with Gasteiger partial charge in [-0.3, -0.25) is 4.79 Å². The predicted molar refractivity (Wildman–Crippen MR) is 72.3 cm³/mol. The molecule has 1 aromatic heterocycles. The first-order valence-corrected chi connectivity index (χ1v) is 6.43. The number of hydrogen-bond donors (Lipinski definition) is 2. The van der Waals surface area contributed by atoms with Crippen LogP contribution >= 0.6 is 0 Å². The zero-order valence-corrected chi connectivity index (χ0v) is 11.5. The van der Waals surface area contributed by atoms with Crippen LogP contribution < -0.4 is 10.1 Å². The lowest BCUT2D eigenvalue weighted by Gasteiger charge is -2.15. The molecule has 20 heavy (non-hydrogen) atoms. The van der Waals surface area contributed by atoms with Gasteiger partial charge in [-0.15, -0.1) is 10.2 Å². The summed E-state index contributed by atoms with van der Waals surface area (Å²) < 4.78 is 5.19. The standard InChI is InChI=1S/C13H17N5O2/c1-3-6-10(12-15-17-18-16-12)14-13(19)9-7-4-5-8-11(9)20-2/h4-5,7-8,10H,3,6H2,1-2H3,(H,14,19)(H,15,16,17,18). The second-order valence-electron chi connectivity index (χ2n) is 4.29. The molecule has 0 fully saturated rings. The van der Waals surface area contributed by atoms with Gasteiger partial charge in [0.15, 0.2) is 5.82 Å². The normalized spacial score (nSPS) is 11.9. The Balaban J connectivity index is 2.16. The van der Waals surface area contributed by atoms with Crippen molar-refractivity contribution in [2.75, 3.05) is 7.11 Å². The summed E-state index contributed by atoms with van der Waals surface area (Å²) in [6.07, 6.45) is 1.63. The first-order valence-electron chi connectivity index (χ1n) is 6.43. The number of carbonyl (C=O) groups excluding carboxylic acids is 1. The fraction of sp³-hybridized carbons (Fsp3) is 0.385. The van der Waals surface area contributed by atoms with Gasteiger partial charge in [0.1, 0.15) is 5.75 Å². The molecule has 2 aromatic rings. The predicted octanol–water partition coefficient (Wildman–Crippen LogP) is 1.48. The molecular formula is C13H17N5O2. The van der Waals surface area contributed by atoms with Crippen molar-refractivity contribution in [1.29, 1.82) is 0 Å². The van der Waals surface area contributed by atoms with Crippen LogP contribution in [0, 0.1) is 0 Å². The zero-order chi connectivity index (χ0) is 14.4. The van der Waals surface area contributed by atoms with E-state index in [0.717, 1.165) is 12.8 Å². The highest BCUT2D eigenvalue weighted by molar-refractivity contribution is 5.97. The molecule has 0 spiro atoms. The van der Waals surface area contributed by atoms with E-state index in [1.807, 2.05) is 13.0 Å². The first kappa shape index (κ1) is 14.0. The average Bonchev–Trinajstić information content (AvgIpc) is 3.00. The second-order valence-corrected chi connectivity index (χ2v) is 4.29. The number of aromatic nitrogens is 4. The molecule has 106 valence electrons. The van der Waals surface area contributed by atoms with Crippen LogP contribution in [-0.4, -0.2) is 33.6 Å². The van der Waals surface area contributed by atoms with Crippen molar-refractivity contribution in [2.45, 2.75) is 25.8 Å². The van der Waals surface area contributed by atoms with Gasteiger partial charge in [-0.1, -0.05) is 30.7 Å². The van der Waals surface area contributed by atoms with Crippen molar-refractivity contribution in [2.24, 2.45) is 0 Å². The molecular weight excluding hydrogens is 258 g/mol. The van der Waals surface area contributed by atoms with E-state index in [-0.39, 0.29) is 11.9 Å². The molecule has 0 aliphatic heterocycles. The summed E-state index contributed by atoms with van der Waals surface area (Å²) in [6, 6.07) is 6.81. The number of para-hydroxylation sites is 1. The number of nitrogens with zero attached hydrogens (tertiary/aromatic N) is 3. The zero-order valence-electron chi connectivity index (χ0n) is 11.5. The Kier molecular flexibility index (Phi) is 4.65. The number of rotatable bonds is 6. The van der Waals surface area contributed by atoms with E-state index < -0.39 is 0 Å². The van der Waals surface area contributed by atoms with Crippen LogP contribution in [0.2, 0.25) is 0 Å². The molecule has 0 radical (unpaired) electrons. The van der Waals surface area contributed by atoms with Crippen LogP contribution in [0.1, 0.15) is 42.0 Å². The molecule has 2 rings (SSSR count). The lowest BCUT2D eigenvalue weighted by atomic mass is 10.1. The number of aromatic amines is 1. The molecule has 1 atom stereocenters. The number of hydrogen-bond acceptors (Lipinski definition) is 5. The topological polar surface area (TPSA) is 92.8 Å². The summed E-state index contributed by atoms with van der Waals surface area (Å²) in [7, 11) is 1.54. The largest absolute Gasteiger partial charge is 0.496 e. The SMILES string of the molecule is CCCC(NC(=O)c1ccccc1OC)c1nn[nH]n1. The molecule has 0 saturated carbocycles. The van der Waals surface area contributed by atoms with Crippen molar-refractivity contribution in [3.8, 4) is 5.75 Å². The van der Waals surface area contributed by atoms with E-state index in [4.69, 9.17) is 4.74 Å². The quantitative estimate of drug-likeness (QED) is 0.833. The molecule has 0 bridgehead atoms. The lowest BCUT2D eigenvalue weighted by Crippen LogP contribution is -2.29. The summed E-state index contributed by atoms with van der Waals surface area (Å²) in [5.74, 6) is 0.800. The highest BCUT2D eigenvalue weighted by Crippen LogP contribution is 2.19. The van der Waals surface area contributed by atoms with E-state index in [2.05, 4.69) is 25.9 Å². The minimum Gasteiger partial charge on any atom is -0.496 e. The molecule has 7 heteroatoms. The highest BCUT2D eigenvalue weighted by atomic mass is 16.5. The maximum atomic E-state index is 12.3. The third-order valence-electron chi connectivity index (χ3n) is 2.91. The Labute approximate surface area is 116 Å². The Morgan fingerprint density at radius 2 is 2.25 bits per heavy atom. The first-order chi connectivity index (χ1) is 9.76. The highest BCUT2D eigenvalue weighted by Gasteiger charge is 2.20. The number of nitrogens with one attached hydrogen (secondary N) is 2. The average molecular weight is 275 g/mol. The third-order valence-corrected chi connectivity index (χ3v) is 2.91. The van der Waals surface area contributed by atoms with Gasteiger partial charge in [0.25, 0.3) is 5.91 Å². The van der Waals surface area contributed by atoms with Gasteiger partial charge >= 0.3 is 0 Å². The summed E-state index contributed by atoms with van der Waals surface area (Å²) in [5, 5.41) is 16.7. The molecule has 1 aromatic carbocycles. The molecule has 0 saturated heterocycles. The van der Waals surface area contributed by atoms with Gasteiger partial charge in [0.2, 0.25) is 0 Å². The van der Waals surface area contributed by atoms with Crippen molar-refractivity contribution in [1.82, 2.24) is 25.9 Å². The van der Waals surface area contributed by atoms with Crippen LogP contribution in [0.25, 0.3) is 0 Å². The molecule has 1 heterocycles. The fourth-order valence-corrected chi connectivity index (χ4v) is 1.94. The van der Waals surface area contributed by atoms with E-state index in [1.54, 1.807) is 18.2 Å². The van der Waals surface area contributed by atoms with Crippen LogP contribution in [-0.2, 0) is 0 Å². The number of methoxy groups -OCH3 is 1. The second kappa shape index (κ2) is 6.65. The fourth-order valence-electron chi connectivity index (χ4n) is 1.94. The molecule has 0 aliphatic rings. The van der Waals surface area contributed by atoms with E-state index in [0.29, 0.717) is 17.1 Å². The summed E-state index contributed by atoms with van der Waals surface area (Å²) in [5.41, 5.74) is 0.486. The van der Waals surface area contributed by atoms with Gasteiger partial charge in [-0.05, 0) is 18.6 Å². The Hall–Kier alpha value is -2.44. The van der Waals surface area contributed by atoms with Crippen LogP contribution in [0.3, 0.4) is 0 Å². The van der Waals surface area contributed by atoms with Crippen LogP contribution in [0.4, 0.5) is 0 Å². The summed E-state index contributed by atoms with van der Waals surface area (Å²) >= 11 is 0. The monoisotopic (exact) mass is 275 g/mol. The van der Waals surface area contributed by atoms with Gasteiger partial charge in [0, 0.05) is 0 Å².